The number of aliphatic hydroxyl groups is 1. The van der Waals surface area contributed by atoms with E-state index in [4.69, 9.17) is 14.6 Å². The van der Waals surface area contributed by atoms with Crippen LogP contribution in [-0.4, -0.2) is 56.9 Å². The van der Waals surface area contributed by atoms with E-state index in [1.165, 1.54) is 7.11 Å². The van der Waals surface area contributed by atoms with Crippen LogP contribution in [0.4, 0.5) is 5.69 Å². The minimum Gasteiger partial charge on any atom is -0.495 e. The van der Waals surface area contributed by atoms with Crippen molar-refractivity contribution in [3.05, 3.63) is 18.2 Å². The Kier molecular flexibility index (Phi) is 6.11. The summed E-state index contributed by atoms with van der Waals surface area (Å²) in [7, 11) is 5.17. The highest BCUT2D eigenvalue weighted by Crippen LogP contribution is 2.28. The summed E-state index contributed by atoms with van der Waals surface area (Å²) in [5.74, 6) is 0.987. The quantitative estimate of drug-likeness (QED) is 0.756. The smallest absolute Gasteiger partial charge is 0.238 e. The number of methoxy groups -OCH3 is 1. The van der Waals surface area contributed by atoms with Gasteiger partial charge < -0.3 is 24.8 Å². The summed E-state index contributed by atoms with van der Waals surface area (Å²) < 4.78 is 10.5. The molecule has 0 unspecified atom stereocenters. The molecular weight excluding hydrogens is 248 g/mol. The standard InChI is InChI=1S/C13H20N2O4/c1-15(2)9-13(17)14-11-8-10(19-7-6-16)4-5-12(11)18-3/h4-5,8,16H,6-7,9H2,1-3H3,(H,14,17). The predicted octanol–water partition coefficient (Wildman–Crippen LogP) is 0.566. The molecule has 0 aliphatic carbocycles. The average molecular weight is 268 g/mol. The fourth-order valence-corrected chi connectivity index (χ4v) is 1.52. The van der Waals surface area contributed by atoms with E-state index in [-0.39, 0.29) is 25.7 Å². The molecule has 0 spiro atoms. The van der Waals surface area contributed by atoms with Crippen LogP contribution in [0.25, 0.3) is 0 Å². The summed E-state index contributed by atoms with van der Waals surface area (Å²) in [4.78, 5) is 13.5. The molecule has 6 nitrogen and oxygen atoms in total. The Morgan fingerprint density at radius 1 is 1.42 bits per heavy atom. The fraction of sp³-hybridized carbons (Fsp3) is 0.462. The molecule has 0 radical (unpaired) electrons. The number of likely N-dealkylation sites (N-methyl/N-ethyl adjacent to an activating group) is 1. The van der Waals surface area contributed by atoms with Crippen molar-refractivity contribution in [1.29, 1.82) is 0 Å². The van der Waals surface area contributed by atoms with Gasteiger partial charge in [-0.1, -0.05) is 0 Å². The Bertz CT molecular complexity index is 421. The molecule has 1 aromatic rings. The van der Waals surface area contributed by atoms with Crippen LogP contribution < -0.4 is 14.8 Å². The Hall–Kier alpha value is -1.79. The molecule has 0 bridgehead atoms. The van der Waals surface area contributed by atoms with E-state index in [0.29, 0.717) is 17.2 Å². The number of hydrogen-bond donors (Lipinski definition) is 2. The molecule has 0 saturated carbocycles. The van der Waals surface area contributed by atoms with Crippen molar-refractivity contribution in [3.8, 4) is 11.5 Å². The van der Waals surface area contributed by atoms with Gasteiger partial charge in [-0.25, -0.2) is 0 Å². The van der Waals surface area contributed by atoms with Crippen molar-refractivity contribution in [3.63, 3.8) is 0 Å². The van der Waals surface area contributed by atoms with Crippen LogP contribution >= 0.6 is 0 Å². The van der Waals surface area contributed by atoms with Crippen LogP contribution in [0.5, 0.6) is 11.5 Å². The molecule has 0 fully saturated rings. The molecule has 0 aliphatic rings. The monoisotopic (exact) mass is 268 g/mol. The summed E-state index contributed by atoms with van der Waals surface area (Å²) >= 11 is 0. The van der Waals surface area contributed by atoms with Crippen LogP contribution in [0.3, 0.4) is 0 Å². The Morgan fingerprint density at radius 3 is 2.74 bits per heavy atom. The van der Waals surface area contributed by atoms with Gasteiger partial charge in [-0.3, -0.25) is 4.79 Å². The fourth-order valence-electron chi connectivity index (χ4n) is 1.52. The lowest BCUT2D eigenvalue weighted by atomic mass is 10.2. The molecule has 0 heterocycles. The first-order chi connectivity index (χ1) is 9.06. The zero-order chi connectivity index (χ0) is 14.3. The van der Waals surface area contributed by atoms with Crippen LogP contribution in [0.2, 0.25) is 0 Å². The van der Waals surface area contributed by atoms with E-state index in [9.17, 15) is 4.79 Å². The maximum atomic E-state index is 11.7. The number of benzene rings is 1. The molecule has 2 N–H and O–H groups in total. The highest BCUT2D eigenvalue weighted by atomic mass is 16.5. The number of rotatable bonds is 7. The van der Waals surface area contributed by atoms with Crippen LogP contribution in [0.1, 0.15) is 0 Å². The molecule has 0 aliphatic heterocycles. The molecule has 106 valence electrons. The maximum Gasteiger partial charge on any atom is 0.238 e. The number of ether oxygens (including phenoxy) is 2. The third-order valence-electron chi connectivity index (χ3n) is 2.26. The summed E-state index contributed by atoms with van der Waals surface area (Å²) in [6, 6.07) is 5.09. The van der Waals surface area contributed by atoms with E-state index in [1.54, 1.807) is 23.1 Å². The minimum absolute atomic E-state index is 0.0612. The highest BCUT2D eigenvalue weighted by molar-refractivity contribution is 5.93. The summed E-state index contributed by atoms with van der Waals surface area (Å²) in [5, 5.41) is 11.5. The van der Waals surface area contributed by atoms with Crippen LogP contribution in [0, 0.1) is 0 Å². The molecule has 0 atom stereocenters. The molecule has 0 saturated heterocycles. The summed E-state index contributed by atoms with van der Waals surface area (Å²) in [5.41, 5.74) is 0.546. The minimum atomic E-state index is -0.136. The number of hydrogen-bond acceptors (Lipinski definition) is 5. The van der Waals surface area contributed by atoms with E-state index in [2.05, 4.69) is 5.32 Å². The van der Waals surface area contributed by atoms with E-state index < -0.39 is 0 Å². The number of carbonyl (C=O) groups excluding carboxylic acids is 1. The third kappa shape index (κ3) is 5.15. The van der Waals surface area contributed by atoms with Crippen molar-refractivity contribution in [2.45, 2.75) is 0 Å². The summed E-state index contributed by atoms with van der Waals surface area (Å²) in [6.07, 6.45) is 0. The summed E-state index contributed by atoms with van der Waals surface area (Å²) in [6.45, 7) is 0.427. The largest absolute Gasteiger partial charge is 0.495 e. The third-order valence-corrected chi connectivity index (χ3v) is 2.26. The van der Waals surface area contributed by atoms with Crippen LogP contribution in [-0.2, 0) is 4.79 Å². The van der Waals surface area contributed by atoms with Gasteiger partial charge in [0.05, 0.1) is 25.9 Å². The lowest BCUT2D eigenvalue weighted by molar-refractivity contribution is -0.116. The maximum absolute atomic E-state index is 11.7. The van der Waals surface area contributed by atoms with Crippen molar-refractivity contribution in [1.82, 2.24) is 4.90 Å². The van der Waals surface area contributed by atoms with Gasteiger partial charge in [-0.15, -0.1) is 0 Å². The number of aliphatic hydroxyl groups excluding tert-OH is 1. The second-order valence-electron chi connectivity index (χ2n) is 4.22. The van der Waals surface area contributed by atoms with Crippen LogP contribution in [0.15, 0.2) is 18.2 Å². The molecule has 1 amide bonds. The zero-order valence-corrected chi connectivity index (χ0v) is 11.5. The van der Waals surface area contributed by atoms with Gasteiger partial charge in [0.25, 0.3) is 0 Å². The van der Waals surface area contributed by atoms with Gasteiger partial charge >= 0.3 is 0 Å². The Labute approximate surface area is 112 Å². The molecule has 0 aromatic heterocycles. The van der Waals surface area contributed by atoms with Gasteiger partial charge in [0.15, 0.2) is 0 Å². The Morgan fingerprint density at radius 2 is 2.16 bits per heavy atom. The average Bonchev–Trinajstić information content (AvgIpc) is 2.35. The van der Waals surface area contributed by atoms with E-state index in [0.717, 1.165) is 0 Å². The molecule has 19 heavy (non-hydrogen) atoms. The van der Waals surface area contributed by atoms with Gasteiger partial charge in [-0.05, 0) is 26.2 Å². The topological polar surface area (TPSA) is 71.0 Å². The number of anilines is 1. The van der Waals surface area contributed by atoms with Crippen molar-refractivity contribution in [2.75, 3.05) is 46.3 Å². The number of nitrogens with zero attached hydrogens (tertiary/aromatic N) is 1. The molecule has 1 rings (SSSR count). The molecule has 1 aromatic carbocycles. The number of nitrogens with one attached hydrogen (secondary N) is 1. The van der Waals surface area contributed by atoms with Gasteiger partial charge in [0, 0.05) is 6.07 Å². The number of carbonyl (C=O) groups is 1. The van der Waals surface area contributed by atoms with Crippen molar-refractivity contribution in [2.24, 2.45) is 0 Å². The second kappa shape index (κ2) is 7.60. The lowest BCUT2D eigenvalue weighted by Gasteiger charge is -2.14. The number of amides is 1. The van der Waals surface area contributed by atoms with Gasteiger partial charge in [0.2, 0.25) is 5.91 Å². The Balaban J connectivity index is 2.80. The van der Waals surface area contributed by atoms with E-state index >= 15 is 0 Å². The predicted molar refractivity (Wildman–Crippen MR) is 72.8 cm³/mol. The van der Waals surface area contributed by atoms with Gasteiger partial charge in [0.1, 0.15) is 18.1 Å². The zero-order valence-electron chi connectivity index (χ0n) is 11.5. The first kappa shape index (κ1) is 15.3. The molecular formula is C13H20N2O4. The first-order valence-electron chi connectivity index (χ1n) is 5.93. The van der Waals surface area contributed by atoms with Crippen molar-refractivity contribution >= 4 is 11.6 Å². The first-order valence-corrected chi connectivity index (χ1v) is 5.93. The van der Waals surface area contributed by atoms with Gasteiger partial charge in [-0.2, -0.15) is 0 Å². The highest BCUT2D eigenvalue weighted by Gasteiger charge is 2.09. The normalized spacial score (nSPS) is 10.4. The van der Waals surface area contributed by atoms with E-state index in [1.807, 2.05) is 14.1 Å². The van der Waals surface area contributed by atoms with Crippen molar-refractivity contribution < 1.29 is 19.4 Å². The second-order valence-corrected chi connectivity index (χ2v) is 4.22. The molecule has 6 heteroatoms. The lowest BCUT2D eigenvalue weighted by Crippen LogP contribution is -2.27. The SMILES string of the molecule is COc1ccc(OCCO)cc1NC(=O)CN(C)C.